The number of amides is 2. The summed E-state index contributed by atoms with van der Waals surface area (Å²) in [6.45, 7) is 0.907. The fraction of sp³-hybridized carbons (Fsp3) is 0.462. The number of nitrogens with one attached hydrogen (secondary N) is 1. The molecule has 0 aromatic carbocycles. The van der Waals surface area contributed by atoms with Gasteiger partial charge in [0, 0.05) is 26.3 Å². The lowest BCUT2D eigenvalue weighted by Gasteiger charge is -2.15. The van der Waals surface area contributed by atoms with E-state index in [4.69, 9.17) is 15.6 Å². The summed E-state index contributed by atoms with van der Waals surface area (Å²) in [5, 5.41) is 11.4. The zero-order valence-corrected chi connectivity index (χ0v) is 11.7. The summed E-state index contributed by atoms with van der Waals surface area (Å²) in [6.07, 6.45) is 1.55. The Morgan fingerprint density at radius 2 is 2.19 bits per heavy atom. The first-order valence-electron chi connectivity index (χ1n) is 6.41. The molecule has 0 aliphatic heterocycles. The molecular formula is C13H19N3O5. The quantitative estimate of drug-likeness (QED) is 0.571. The average Bonchev–Trinajstić information content (AvgIpc) is 2.88. The second kappa shape index (κ2) is 8.05. The molecule has 0 unspecified atom stereocenters. The predicted molar refractivity (Wildman–Crippen MR) is 73.6 cm³/mol. The number of carboxylic acids is 1. The van der Waals surface area contributed by atoms with E-state index in [2.05, 4.69) is 5.32 Å². The van der Waals surface area contributed by atoms with Gasteiger partial charge < -0.3 is 25.5 Å². The molecule has 0 spiro atoms. The van der Waals surface area contributed by atoms with Crippen LogP contribution in [0.2, 0.25) is 0 Å². The van der Waals surface area contributed by atoms with Crippen LogP contribution in [0, 0.1) is 0 Å². The van der Waals surface area contributed by atoms with Crippen molar-refractivity contribution in [3.05, 3.63) is 24.0 Å². The molecule has 1 aromatic rings. The van der Waals surface area contributed by atoms with Crippen LogP contribution < -0.4 is 11.1 Å². The Hall–Kier alpha value is -2.35. The van der Waals surface area contributed by atoms with Crippen LogP contribution in [-0.2, 0) is 20.9 Å². The molecule has 21 heavy (non-hydrogen) atoms. The van der Waals surface area contributed by atoms with Crippen LogP contribution in [0.5, 0.6) is 0 Å². The standard InChI is InChI=1S/C13H19N3O5/c1-21-8-7-16-6-2-3-10(16)12(18)15-9(13(19)20)4-5-11(14)17/h2-3,6,9H,4-5,7-8H2,1H3,(H2,14,17)(H,15,18)(H,19,20)/t9-/m0/s1. The van der Waals surface area contributed by atoms with Crippen LogP contribution in [0.25, 0.3) is 0 Å². The molecule has 2 amide bonds. The first-order valence-corrected chi connectivity index (χ1v) is 6.41. The first-order chi connectivity index (χ1) is 9.95. The summed E-state index contributed by atoms with van der Waals surface area (Å²) in [5.74, 6) is -2.34. The number of nitrogens with two attached hydrogens (primary N) is 1. The summed E-state index contributed by atoms with van der Waals surface area (Å²) in [6, 6.07) is 2.11. The van der Waals surface area contributed by atoms with Crippen LogP contribution in [-0.4, -0.2) is 47.2 Å². The average molecular weight is 297 g/mol. The number of primary amides is 1. The number of carbonyl (C=O) groups is 3. The number of hydrogen-bond donors (Lipinski definition) is 3. The van der Waals surface area contributed by atoms with Crippen molar-refractivity contribution < 1.29 is 24.2 Å². The third kappa shape index (κ3) is 5.27. The molecule has 1 heterocycles. The Labute approximate surface area is 121 Å². The van der Waals surface area contributed by atoms with E-state index in [1.54, 1.807) is 30.0 Å². The smallest absolute Gasteiger partial charge is 0.326 e. The number of carboxylic acid groups (broad SMARTS) is 1. The van der Waals surface area contributed by atoms with Gasteiger partial charge in [-0.15, -0.1) is 0 Å². The number of methoxy groups -OCH3 is 1. The fourth-order valence-corrected chi connectivity index (χ4v) is 1.78. The maximum absolute atomic E-state index is 12.1. The molecule has 0 saturated heterocycles. The maximum atomic E-state index is 12.1. The Morgan fingerprint density at radius 1 is 1.48 bits per heavy atom. The number of aromatic nitrogens is 1. The molecule has 1 aromatic heterocycles. The molecule has 0 aliphatic rings. The van der Waals surface area contributed by atoms with Crippen molar-refractivity contribution in [2.24, 2.45) is 5.73 Å². The van der Waals surface area contributed by atoms with E-state index >= 15 is 0 Å². The number of hydrogen-bond acceptors (Lipinski definition) is 4. The molecule has 116 valence electrons. The van der Waals surface area contributed by atoms with E-state index in [1.807, 2.05) is 0 Å². The van der Waals surface area contributed by atoms with Gasteiger partial charge in [0.15, 0.2) is 0 Å². The zero-order valence-electron chi connectivity index (χ0n) is 11.7. The first kappa shape index (κ1) is 16.7. The Kier molecular flexibility index (Phi) is 6.41. The minimum Gasteiger partial charge on any atom is -0.480 e. The van der Waals surface area contributed by atoms with Crippen molar-refractivity contribution in [1.29, 1.82) is 0 Å². The zero-order chi connectivity index (χ0) is 15.8. The third-order valence-electron chi connectivity index (χ3n) is 2.88. The van der Waals surface area contributed by atoms with Gasteiger partial charge in [0.1, 0.15) is 11.7 Å². The second-order valence-electron chi connectivity index (χ2n) is 4.45. The lowest BCUT2D eigenvalue weighted by Crippen LogP contribution is -2.42. The van der Waals surface area contributed by atoms with Crippen LogP contribution in [0.1, 0.15) is 23.3 Å². The van der Waals surface area contributed by atoms with Gasteiger partial charge in [-0.1, -0.05) is 0 Å². The molecule has 0 radical (unpaired) electrons. The Bertz CT molecular complexity index is 512. The molecule has 8 nitrogen and oxygen atoms in total. The van der Waals surface area contributed by atoms with E-state index in [0.29, 0.717) is 18.8 Å². The summed E-state index contributed by atoms with van der Waals surface area (Å²) in [7, 11) is 1.55. The van der Waals surface area contributed by atoms with E-state index in [1.165, 1.54) is 0 Å². The Morgan fingerprint density at radius 3 is 2.76 bits per heavy atom. The summed E-state index contributed by atoms with van der Waals surface area (Å²) < 4.78 is 6.59. The van der Waals surface area contributed by atoms with Crippen molar-refractivity contribution in [2.75, 3.05) is 13.7 Å². The van der Waals surface area contributed by atoms with Crippen LogP contribution in [0.15, 0.2) is 18.3 Å². The molecule has 0 aliphatic carbocycles. The van der Waals surface area contributed by atoms with Crippen molar-refractivity contribution in [3.8, 4) is 0 Å². The Balaban J connectivity index is 2.71. The molecule has 0 bridgehead atoms. The number of carbonyl (C=O) groups excluding carboxylic acids is 2. The highest BCUT2D eigenvalue weighted by atomic mass is 16.5. The fourth-order valence-electron chi connectivity index (χ4n) is 1.78. The van der Waals surface area contributed by atoms with Crippen molar-refractivity contribution in [3.63, 3.8) is 0 Å². The molecule has 4 N–H and O–H groups in total. The van der Waals surface area contributed by atoms with Crippen molar-refractivity contribution >= 4 is 17.8 Å². The summed E-state index contributed by atoms with van der Waals surface area (Å²) in [4.78, 5) is 33.9. The van der Waals surface area contributed by atoms with E-state index < -0.39 is 23.8 Å². The van der Waals surface area contributed by atoms with E-state index in [0.717, 1.165) is 0 Å². The number of rotatable bonds is 9. The topological polar surface area (TPSA) is 124 Å². The summed E-state index contributed by atoms with van der Waals surface area (Å²) in [5.41, 5.74) is 5.31. The third-order valence-corrected chi connectivity index (χ3v) is 2.88. The lowest BCUT2D eigenvalue weighted by molar-refractivity contribution is -0.139. The number of aliphatic carboxylic acids is 1. The molecule has 1 atom stereocenters. The SMILES string of the molecule is COCCn1cccc1C(=O)N[C@@H](CCC(N)=O)C(=O)O. The van der Waals surface area contributed by atoms with Gasteiger partial charge in [-0.2, -0.15) is 0 Å². The monoisotopic (exact) mass is 297 g/mol. The van der Waals surface area contributed by atoms with E-state index in [-0.39, 0.29) is 12.8 Å². The van der Waals surface area contributed by atoms with Crippen molar-refractivity contribution in [1.82, 2.24) is 9.88 Å². The second-order valence-corrected chi connectivity index (χ2v) is 4.45. The van der Waals surface area contributed by atoms with Gasteiger partial charge in [-0.05, 0) is 18.6 Å². The largest absolute Gasteiger partial charge is 0.480 e. The van der Waals surface area contributed by atoms with Crippen LogP contribution >= 0.6 is 0 Å². The van der Waals surface area contributed by atoms with Gasteiger partial charge in [-0.3, -0.25) is 9.59 Å². The molecule has 0 saturated carbocycles. The summed E-state index contributed by atoms with van der Waals surface area (Å²) >= 11 is 0. The highest BCUT2D eigenvalue weighted by Gasteiger charge is 2.22. The van der Waals surface area contributed by atoms with Crippen LogP contribution in [0.4, 0.5) is 0 Å². The van der Waals surface area contributed by atoms with Crippen molar-refractivity contribution in [2.45, 2.75) is 25.4 Å². The van der Waals surface area contributed by atoms with Gasteiger partial charge in [0.25, 0.3) is 5.91 Å². The molecule has 0 fully saturated rings. The molecule has 1 rings (SSSR count). The lowest BCUT2D eigenvalue weighted by atomic mass is 10.1. The maximum Gasteiger partial charge on any atom is 0.326 e. The highest BCUT2D eigenvalue weighted by Crippen LogP contribution is 2.05. The van der Waals surface area contributed by atoms with Gasteiger partial charge in [-0.25, -0.2) is 4.79 Å². The molecule has 8 heteroatoms. The number of ether oxygens (including phenoxy) is 1. The minimum atomic E-state index is -1.21. The predicted octanol–water partition coefficient (Wildman–Crippen LogP) is -0.417. The van der Waals surface area contributed by atoms with Crippen LogP contribution in [0.3, 0.4) is 0 Å². The normalized spacial score (nSPS) is 11.9. The van der Waals surface area contributed by atoms with Gasteiger partial charge in [0.05, 0.1) is 6.61 Å². The molecular weight excluding hydrogens is 278 g/mol. The minimum absolute atomic E-state index is 0.0464. The number of nitrogens with zero attached hydrogens (tertiary/aromatic N) is 1. The van der Waals surface area contributed by atoms with Gasteiger partial charge >= 0.3 is 5.97 Å². The van der Waals surface area contributed by atoms with Gasteiger partial charge in [0.2, 0.25) is 5.91 Å². The highest BCUT2D eigenvalue weighted by molar-refractivity contribution is 5.95. The van der Waals surface area contributed by atoms with E-state index in [9.17, 15) is 14.4 Å².